The number of hydrogen-bond acceptors (Lipinski definition) is 9. The quantitative estimate of drug-likeness (QED) is 0.131. The first kappa shape index (κ1) is 41.9. The topological polar surface area (TPSA) is 170 Å². The number of carboxylic acids is 1. The third kappa shape index (κ3) is 10.1. The molecular weight excluding hydrogens is 714 g/mol. The molecule has 0 bridgehead atoms. The molecule has 2 aromatic carbocycles. The van der Waals surface area contributed by atoms with Gasteiger partial charge in [-0.05, 0) is 48.8 Å². The minimum Gasteiger partial charge on any atom is -0.497 e. The number of ketones is 1. The standard InChI is InChI=1S/C44H55N3O9/c1-7-14-28(42(51)52)21-36(48)32-22-30(56-37-25-34(26-15-10-8-11-16-26)45-35-24-29(54-5)19-20-31(35)37)23-33(32)40(49)47-39(44(2,3)4)41(50)46-38(43(53)55-6)27-17-12-9-13-18-27/h8,10-11,15-16,19-20,23-25,27-28,30,32,38-39H,7,9,12-14,17-18,21-22H2,1-6H3,(H,46,50)(H,47,49)(H,51,52)/t28-,30-,32-,38+,39-/m1/s1. The van der Waals surface area contributed by atoms with Gasteiger partial charge in [0.2, 0.25) is 11.8 Å². The first-order chi connectivity index (χ1) is 26.7. The molecule has 2 aliphatic carbocycles. The van der Waals surface area contributed by atoms with Gasteiger partial charge in [0.15, 0.2) is 0 Å². The number of nitrogens with zero attached hydrogens (tertiary/aromatic N) is 1. The molecule has 0 spiro atoms. The van der Waals surface area contributed by atoms with E-state index in [0.29, 0.717) is 40.9 Å². The van der Waals surface area contributed by atoms with Crippen molar-refractivity contribution in [2.75, 3.05) is 14.2 Å². The number of benzene rings is 2. The van der Waals surface area contributed by atoms with Crippen LogP contribution in [0.25, 0.3) is 22.2 Å². The van der Waals surface area contributed by atoms with Crippen LogP contribution in [-0.4, -0.2) is 72.0 Å². The number of carboxylic acid groups (broad SMARTS) is 1. The first-order valence-corrected chi connectivity index (χ1v) is 19.6. The Balaban J connectivity index is 1.48. The number of amides is 2. The second kappa shape index (κ2) is 18.6. The van der Waals surface area contributed by atoms with Crippen LogP contribution in [-0.2, 0) is 28.7 Å². The lowest BCUT2D eigenvalue weighted by atomic mass is 9.82. The number of nitrogens with one attached hydrogen (secondary N) is 2. The SMILES string of the molecule is CCC[C@H](CC(=O)[C@@H]1C[C@@H](Oc2cc(-c3ccccc3)nc3cc(OC)ccc23)C=C1C(=O)N[C@H](C(=O)N[C@H](C(=O)OC)C1CCCCC1)C(C)(C)C)C(=O)O. The molecule has 12 heteroatoms. The molecule has 3 aromatic rings. The lowest BCUT2D eigenvalue weighted by molar-refractivity contribution is -0.148. The van der Waals surface area contributed by atoms with Gasteiger partial charge in [0, 0.05) is 41.5 Å². The number of rotatable bonds is 16. The van der Waals surface area contributed by atoms with Crippen LogP contribution in [0.1, 0.15) is 85.5 Å². The van der Waals surface area contributed by atoms with Crippen molar-refractivity contribution < 1.29 is 43.3 Å². The van der Waals surface area contributed by atoms with Crippen LogP contribution < -0.4 is 20.1 Å². The summed E-state index contributed by atoms with van der Waals surface area (Å²) in [6.45, 7) is 7.27. The fourth-order valence-corrected chi connectivity index (χ4v) is 7.82. The van der Waals surface area contributed by atoms with E-state index in [4.69, 9.17) is 19.2 Å². The minimum atomic E-state index is -1.10. The van der Waals surface area contributed by atoms with Crippen LogP contribution >= 0.6 is 0 Å². The Labute approximate surface area is 328 Å². The second-order valence-corrected chi connectivity index (χ2v) is 16.0. The molecule has 0 radical (unpaired) electrons. The van der Waals surface area contributed by atoms with Gasteiger partial charge in [-0.1, -0.05) is 83.7 Å². The lowest BCUT2D eigenvalue weighted by Gasteiger charge is -2.34. The highest BCUT2D eigenvalue weighted by Gasteiger charge is 2.42. The highest BCUT2D eigenvalue weighted by molar-refractivity contribution is 6.04. The number of aromatic nitrogens is 1. The van der Waals surface area contributed by atoms with Gasteiger partial charge in [-0.15, -0.1) is 0 Å². The van der Waals surface area contributed by atoms with Crippen molar-refractivity contribution in [2.24, 2.45) is 23.2 Å². The molecule has 5 atom stereocenters. The lowest BCUT2D eigenvalue weighted by Crippen LogP contribution is -2.58. The molecule has 1 fully saturated rings. The molecule has 3 N–H and O–H groups in total. The maximum Gasteiger partial charge on any atom is 0.328 e. The summed E-state index contributed by atoms with van der Waals surface area (Å²) in [5.41, 5.74) is 1.42. The van der Waals surface area contributed by atoms with Crippen molar-refractivity contribution >= 4 is 40.4 Å². The monoisotopic (exact) mass is 769 g/mol. The van der Waals surface area contributed by atoms with Crippen LogP contribution in [0.3, 0.4) is 0 Å². The number of pyridine rings is 1. The van der Waals surface area contributed by atoms with E-state index in [1.54, 1.807) is 46.1 Å². The summed E-state index contributed by atoms with van der Waals surface area (Å²) in [6, 6.07) is 14.9. The van der Waals surface area contributed by atoms with E-state index in [-0.39, 0.29) is 24.3 Å². The highest BCUT2D eigenvalue weighted by atomic mass is 16.5. The summed E-state index contributed by atoms with van der Waals surface area (Å²) >= 11 is 0. The molecule has 1 saturated carbocycles. The van der Waals surface area contributed by atoms with E-state index in [1.165, 1.54) is 7.11 Å². The van der Waals surface area contributed by atoms with Gasteiger partial charge < -0.3 is 30.0 Å². The zero-order chi connectivity index (χ0) is 40.6. The molecule has 0 saturated heterocycles. The van der Waals surface area contributed by atoms with Crippen molar-refractivity contribution in [3.05, 3.63) is 66.2 Å². The minimum absolute atomic E-state index is 0.0825. The summed E-state index contributed by atoms with van der Waals surface area (Å²) in [5.74, 6) is -4.09. The summed E-state index contributed by atoms with van der Waals surface area (Å²) in [5, 5.41) is 16.4. The Morgan fingerprint density at radius 3 is 2.29 bits per heavy atom. The Bertz CT molecular complexity index is 1930. The van der Waals surface area contributed by atoms with Gasteiger partial charge in [0.1, 0.15) is 35.5 Å². The molecule has 12 nitrogen and oxygen atoms in total. The third-order valence-electron chi connectivity index (χ3n) is 10.9. The van der Waals surface area contributed by atoms with E-state index >= 15 is 0 Å². The Morgan fingerprint density at radius 1 is 0.946 bits per heavy atom. The molecule has 0 unspecified atom stereocenters. The van der Waals surface area contributed by atoms with E-state index in [2.05, 4.69) is 10.6 Å². The number of Topliss-reactive ketones (excluding diaryl/α,β-unsaturated/α-hetero) is 1. The zero-order valence-electron chi connectivity index (χ0n) is 33.3. The number of carbonyl (C=O) groups excluding carboxylic acids is 4. The van der Waals surface area contributed by atoms with Crippen LogP contribution in [0.4, 0.5) is 0 Å². The maximum atomic E-state index is 14.4. The van der Waals surface area contributed by atoms with E-state index in [1.807, 2.05) is 49.4 Å². The van der Waals surface area contributed by atoms with Crippen molar-refractivity contribution in [3.8, 4) is 22.8 Å². The number of ether oxygens (including phenoxy) is 3. The average molecular weight is 770 g/mol. The smallest absolute Gasteiger partial charge is 0.328 e. The van der Waals surface area contributed by atoms with Crippen LogP contribution in [0, 0.1) is 23.2 Å². The Kier molecular flexibility index (Phi) is 13.9. The molecule has 56 heavy (non-hydrogen) atoms. The number of hydrogen-bond donors (Lipinski definition) is 3. The number of methoxy groups -OCH3 is 2. The number of aliphatic carboxylic acids is 1. The van der Waals surface area contributed by atoms with E-state index in [9.17, 15) is 29.1 Å². The predicted octanol–water partition coefficient (Wildman–Crippen LogP) is 6.83. The van der Waals surface area contributed by atoms with Crippen LogP contribution in [0.2, 0.25) is 0 Å². The predicted molar refractivity (Wildman–Crippen MR) is 212 cm³/mol. The van der Waals surface area contributed by atoms with Crippen molar-refractivity contribution in [1.29, 1.82) is 0 Å². The third-order valence-corrected chi connectivity index (χ3v) is 10.9. The van der Waals surface area contributed by atoms with Gasteiger partial charge >= 0.3 is 11.9 Å². The Hall–Kier alpha value is -5.26. The molecule has 0 aliphatic heterocycles. The van der Waals surface area contributed by atoms with Crippen molar-refractivity contribution in [1.82, 2.24) is 15.6 Å². The average Bonchev–Trinajstić information content (AvgIpc) is 3.62. The molecule has 1 aromatic heterocycles. The molecule has 300 valence electrons. The van der Waals surface area contributed by atoms with Crippen LogP contribution in [0.5, 0.6) is 11.5 Å². The van der Waals surface area contributed by atoms with Crippen LogP contribution in [0.15, 0.2) is 66.2 Å². The molecule has 2 amide bonds. The molecule has 2 aliphatic rings. The highest BCUT2D eigenvalue weighted by Crippen LogP contribution is 2.37. The maximum absolute atomic E-state index is 14.4. The van der Waals surface area contributed by atoms with Gasteiger partial charge in [0.05, 0.1) is 37.3 Å². The first-order valence-electron chi connectivity index (χ1n) is 19.6. The van der Waals surface area contributed by atoms with E-state index in [0.717, 1.165) is 37.7 Å². The van der Waals surface area contributed by atoms with Gasteiger partial charge in [-0.3, -0.25) is 19.2 Å². The summed E-state index contributed by atoms with van der Waals surface area (Å²) in [6.07, 6.45) is 6.04. The Morgan fingerprint density at radius 2 is 1.66 bits per heavy atom. The number of fused-ring (bicyclic) bond motifs is 1. The fraction of sp³-hybridized carbons (Fsp3) is 0.500. The van der Waals surface area contributed by atoms with Gasteiger partial charge in [-0.2, -0.15) is 0 Å². The summed E-state index contributed by atoms with van der Waals surface area (Å²) in [4.78, 5) is 72.3. The fourth-order valence-electron chi connectivity index (χ4n) is 7.82. The van der Waals surface area contributed by atoms with Gasteiger partial charge in [0.25, 0.3) is 0 Å². The number of esters is 1. The van der Waals surface area contributed by atoms with Crippen molar-refractivity contribution in [3.63, 3.8) is 0 Å². The molecule has 1 heterocycles. The normalized spacial score (nSPS) is 18.9. The zero-order valence-corrected chi connectivity index (χ0v) is 33.3. The summed E-state index contributed by atoms with van der Waals surface area (Å²) < 4.78 is 17.2. The number of carbonyl (C=O) groups is 5. The largest absolute Gasteiger partial charge is 0.497 e. The van der Waals surface area contributed by atoms with Gasteiger partial charge in [-0.25, -0.2) is 9.78 Å². The molecular formula is C44H55N3O9. The summed E-state index contributed by atoms with van der Waals surface area (Å²) in [7, 11) is 2.86. The molecule has 5 rings (SSSR count). The second-order valence-electron chi connectivity index (χ2n) is 16.0. The van der Waals surface area contributed by atoms with Crippen molar-refractivity contribution in [2.45, 2.75) is 104 Å². The van der Waals surface area contributed by atoms with E-state index < -0.39 is 65.0 Å².